The zero-order valence-corrected chi connectivity index (χ0v) is 80.6. The number of Topliss-reactive ketones (excluding diaryl/α,β-unsaturated/α-hetero) is 8. The molecule has 0 saturated carbocycles. The van der Waals surface area contributed by atoms with Gasteiger partial charge in [0, 0.05) is 70.8 Å². The van der Waals surface area contributed by atoms with Crippen LogP contribution in [0.25, 0.3) is 0 Å². The number of phenols is 16. The molecular weight excluding hydrogens is 1990 g/mol. The first-order valence-corrected chi connectivity index (χ1v) is 49.3. The number of benzene rings is 12. The van der Waals surface area contributed by atoms with Crippen LogP contribution in [0.15, 0.2) is 286 Å². The van der Waals surface area contributed by atoms with E-state index in [9.17, 15) is 120 Å². The van der Waals surface area contributed by atoms with Crippen molar-refractivity contribution >= 4 is 91.6 Å². The minimum atomic E-state index is -0.709. The number of ketones is 8. The molecule has 0 radical (unpaired) electrons. The summed E-state index contributed by atoms with van der Waals surface area (Å²) >= 11 is 6.15. The standard InChI is InChI=1S/C15H12O5.2C15H12O4.C15H12O3.C13H10O5S.2C13H10O4S.C13H10O3S/c16-9-6-11(8-4-2-1-3-5-8)20-12-7-10(17)14(18)15(19)13(9)12;16-11-7-14(9-4-2-1-3-5-9)19-15-8-13(18)12(17)6-10(11)15;16-10-6-11(17)15-12(18)8-13(19-14(15)7-10)9-4-2-1-3-5-9;16-11-6-7-14-12(8-11)13(17)9-15(18-14)10-4-2-1-3-5-10;14-7-3-9(6-1-2-19-5-6)18-10-4-8(15)12(16)13(17)11(7)10;14-9-4-12(7-1-2-18-6-7)17-13-5-11(16)10(15)3-8(9)13;14-8-3-9(15)13-10(16)5-11(17-12(13)4-8)7-1-2-18-6-7;14-9-1-2-12-10(5-9)11(15)6-13(16-12)8-3-4-17-7-8/h1-5,7,11,17-19H,6H2;1-6,8,14,17-18H,7H2;1-7,13,16-17H,8H2;1-8,15-16H,9H2;1-2,4-5,9,15-17H,3H2;1-3,5-6,12,15-16H,4H2;1-4,6,11,14-15H,5H2;1-5,7,13-14H,6H2. The lowest BCUT2D eigenvalue weighted by Crippen LogP contribution is -2.20. The molecule has 8 unspecified atom stereocenters. The van der Waals surface area contributed by atoms with E-state index < -0.39 is 46.7 Å². The van der Waals surface area contributed by atoms with Gasteiger partial charge in [-0.3, -0.25) is 38.4 Å². The first-order valence-electron chi connectivity index (χ1n) is 45.6. The number of thiophene rings is 4. The molecule has 12 heterocycles. The summed E-state index contributed by atoms with van der Waals surface area (Å²) in [5, 5.41) is 167. The fourth-order valence-electron chi connectivity index (χ4n) is 17.1. The summed E-state index contributed by atoms with van der Waals surface area (Å²) < 4.78 is 45.7. The molecule has 0 aliphatic carbocycles. The highest BCUT2D eigenvalue weighted by atomic mass is 32.1. The van der Waals surface area contributed by atoms with Crippen molar-refractivity contribution in [2.45, 2.75) is 100 Å². The van der Waals surface area contributed by atoms with Crippen molar-refractivity contribution < 1.29 is 158 Å². The Balaban J connectivity index is 0.000000115. The highest BCUT2D eigenvalue weighted by Crippen LogP contribution is 2.53. The highest BCUT2D eigenvalue weighted by Gasteiger charge is 2.40. The van der Waals surface area contributed by atoms with Crippen LogP contribution in [-0.4, -0.2) is 128 Å². The van der Waals surface area contributed by atoms with Crippen LogP contribution in [-0.2, 0) is 0 Å². The molecule has 24 rings (SSSR count). The van der Waals surface area contributed by atoms with Gasteiger partial charge < -0.3 is 120 Å². The van der Waals surface area contributed by atoms with Crippen molar-refractivity contribution in [1.82, 2.24) is 0 Å². The minimum absolute atomic E-state index is 0.000929. The summed E-state index contributed by atoms with van der Waals surface area (Å²) in [6.07, 6.45) is -1.14. The number of fused-ring (bicyclic) bond motifs is 8. The maximum atomic E-state index is 12.1. The molecule has 16 N–H and O–H groups in total. The molecule has 4 aromatic heterocycles. The number of rotatable bonds is 8. The van der Waals surface area contributed by atoms with Crippen LogP contribution >= 0.6 is 45.3 Å². The lowest BCUT2D eigenvalue weighted by molar-refractivity contribution is 0.0833. The number of ether oxygens (including phenoxy) is 8. The lowest BCUT2D eigenvalue weighted by Gasteiger charge is -2.26. The van der Waals surface area contributed by atoms with E-state index in [2.05, 4.69) is 0 Å². The molecule has 0 fully saturated rings. The second kappa shape index (κ2) is 44.5. The van der Waals surface area contributed by atoms with Crippen LogP contribution in [0, 0.1) is 0 Å². The zero-order valence-electron chi connectivity index (χ0n) is 77.3. The van der Waals surface area contributed by atoms with E-state index in [-0.39, 0.29) is 224 Å². The van der Waals surface area contributed by atoms with E-state index in [0.29, 0.717) is 58.1 Å². The fourth-order valence-corrected chi connectivity index (χ4v) is 19.9. The van der Waals surface area contributed by atoms with Crippen molar-refractivity contribution in [3.8, 4) is 138 Å². The molecule has 752 valence electrons. The Morgan fingerprint density at radius 1 is 0.182 bits per heavy atom. The second-order valence-electron chi connectivity index (χ2n) is 34.4. The SMILES string of the molecule is O=C1CC(c2ccccc2)Oc2cc(O)c(O)c(O)c21.O=C1CC(c2ccccc2)Oc2cc(O)c(O)cc21.O=C1CC(c2ccccc2)Oc2cc(O)cc(O)c21.O=C1CC(c2ccccc2)Oc2ccc(O)cc21.O=C1CC(c2ccsc2)Oc2cc(O)c(O)c(O)c21.O=C1CC(c2ccsc2)Oc2cc(O)c(O)cc21.O=C1CC(c2ccsc2)Oc2cc(O)cc(O)c21.O=C1CC(c2ccsc2)Oc2ccc(O)cc21. The summed E-state index contributed by atoms with van der Waals surface area (Å²) in [5.74, 6) is -4.37. The third kappa shape index (κ3) is 22.9. The molecule has 8 atom stereocenters. The summed E-state index contributed by atoms with van der Waals surface area (Å²) in [5.41, 5.74) is 9.09. The van der Waals surface area contributed by atoms with Gasteiger partial charge in [-0.25, -0.2) is 0 Å². The Kier molecular flexibility index (Phi) is 30.5. The molecule has 148 heavy (non-hydrogen) atoms. The normalized spacial score (nSPS) is 17.9. The first kappa shape index (κ1) is 101. The average molecular weight is 2070 g/mol. The van der Waals surface area contributed by atoms with Gasteiger partial charge in [0.2, 0.25) is 11.5 Å². The molecule has 0 spiro atoms. The summed E-state index contributed by atoms with van der Waals surface area (Å²) in [6.45, 7) is 0. The summed E-state index contributed by atoms with van der Waals surface area (Å²) in [7, 11) is 0. The Morgan fingerprint density at radius 2 is 0.412 bits per heavy atom. The Bertz CT molecular complexity index is 7650. The highest BCUT2D eigenvalue weighted by molar-refractivity contribution is 7.08. The Labute approximate surface area is 857 Å². The van der Waals surface area contributed by atoms with Crippen LogP contribution < -0.4 is 37.9 Å². The number of carbonyl (C=O) groups excluding carboxylic acids is 8. The van der Waals surface area contributed by atoms with Crippen molar-refractivity contribution in [3.63, 3.8) is 0 Å². The predicted molar refractivity (Wildman–Crippen MR) is 540 cm³/mol. The molecule has 0 saturated heterocycles. The maximum Gasteiger partial charge on any atom is 0.201 e. The van der Waals surface area contributed by atoms with Gasteiger partial charge in [-0.05, 0) is 138 Å². The smallest absolute Gasteiger partial charge is 0.201 e. The second-order valence-corrected chi connectivity index (χ2v) is 37.5. The van der Waals surface area contributed by atoms with Gasteiger partial charge in [-0.15, -0.1) is 0 Å². The van der Waals surface area contributed by atoms with Crippen LogP contribution in [0.4, 0.5) is 0 Å². The van der Waals surface area contributed by atoms with E-state index in [0.717, 1.165) is 68.8 Å². The number of phenolic OH excluding ortho intramolecular Hbond substituents is 16. The molecular formula is C112H88O32S4. The maximum absolute atomic E-state index is 12.1. The van der Waals surface area contributed by atoms with E-state index >= 15 is 0 Å². The van der Waals surface area contributed by atoms with Crippen LogP contribution in [0.1, 0.15) is 228 Å². The molecule has 0 bridgehead atoms. The van der Waals surface area contributed by atoms with Crippen molar-refractivity contribution in [3.05, 3.63) is 375 Å². The third-order valence-electron chi connectivity index (χ3n) is 24.4. The van der Waals surface area contributed by atoms with Gasteiger partial charge in [0.15, 0.2) is 92.3 Å². The number of aromatic hydroxyl groups is 16. The quantitative estimate of drug-likeness (QED) is 0.0628. The van der Waals surface area contributed by atoms with Gasteiger partial charge in [-0.2, -0.15) is 45.3 Å². The molecule has 0 amide bonds. The van der Waals surface area contributed by atoms with Gasteiger partial charge >= 0.3 is 0 Å². The Morgan fingerprint density at radius 3 is 0.689 bits per heavy atom. The van der Waals surface area contributed by atoms with Crippen molar-refractivity contribution in [1.29, 1.82) is 0 Å². The monoisotopic (exact) mass is 2070 g/mol. The molecule has 36 heteroatoms. The van der Waals surface area contributed by atoms with E-state index in [1.807, 2.05) is 189 Å². The van der Waals surface area contributed by atoms with E-state index in [1.165, 1.54) is 83.3 Å². The third-order valence-corrected chi connectivity index (χ3v) is 27.2. The molecule has 8 aliphatic rings. The lowest BCUT2D eigenvalue weighted by atomic mass is 9.95. The molecule has 16 aromatic rings. The van der Waals surface area contributed by atoms with Gasteiger partial charge in [0.05, 0.1) is 73.6 Å². The first-order chi connectivity index (χ1) is 71.2. The van der Waals surface area contributed by atoms with Crippen LogP contribution in [0.5, 0.6) is 138 Å². The minimum Gasteiger partial charge on any atom is -0.508 e. The zero-order chi connectivity index (χ0) is 104. The van der Waals surface area contributed by atoms with Crippen LogP contribution in [0.2, 0.25) is 0 Å². The average Bonchev–Trinajstić information content (AvgIpc) is 1.03. The topological polar surface area (TPSA) is 534 Å². The molecule has 12 aromatic carbocycles. The van der Waals surface area contributed by atoms with Gasteiger partial charge in [-0.1, -0.05) is 121 Å². The Hall–Kier alpha value is -18.0. The fraction of sp³-hybridized carbons (Fsp3) is 0.143. The molecule has 32 nitrogen and oxygen atoms in total. The number of hydrogen-bond acceptors (Lipinski definition) is 36. The van der Waals surface area contributed by atoms with E-state index in [4.69, 9.17) is 37.9 Å². The largest absolute Gasteiger partial charge is 0.508 e. The predicted octanol–water partition coefficient (Wildman–Crippen LogP) is 22.7. The summed E-state index contributed by atoms with van der Waals surface area (Å²) in [4.78, 5) is 96.3. The van der Waals surface area contributed by atoms with Gasteiger partial charge in [0.1, 0.15) is 152 Å². The van der Waals surface area contributed by atoms with Crippen molar-refractivity contribution in [2.24, 2.45) is 0 Å². The van der Waals surface area contributed by atoms with Gasteiger partial charge in [0.25, 0.3) is 0 Å². The summed E-state index contributed by atoms with van der Waals surface area (Å²) in [6, 6.07) is 66.9. The van der Waals surface area contributed by atoms with Crippen LogP contribution in [0.3, 0.4) is 0 Å². The number of hydrogen-bond donors (Lipinski definition) is 16. The molecule has 8 aliphatic heterocycles. The van der Waals surface area contributed by atoms with Crippen molar-refractivity contribution in [2.75, 3.05) is 0 Å². The number of carbonyl (C=O) groups is 8. The van der Waals surface area contributed by atoms with E-state index in [1.54, 1.807) is 34.8 Å².